The second kappa shape index (κ2) is 6.02. The summed E-state index contributed by atoms with van der Waals surface area (Å²) in [4.78, 5) is 5.07. The van der Waals surface area contributed by atoms with E-state index in [1.54, 1.807) is 13.3 Å². The number of methoxy groups -OCH3 is 1. The van der Waals surface area contributed by atoms with E-state index < -0.39 is 0 Å². The normalized spacial score (nSPS) is 10.4. The topological polar surface area (TPSA) is 30.8 Å². The molecule has 14 heavy (non-hydrogen) atoms. The first-order chi connectivity index (χ1) is 6.86. The van der Waals surface area contributed by atoms with Crippen LogP contribution in [-0.4, -0.2) is 13.3 Å². The first kappa shape index (κ1) is 10.6. The molecule has 0 aliphatic heterocycles. The highest BCUT2D eigenvalue weighted by molar-refractivity contribution is 5.55. The molecule has 0 bridgehead atoms. The molecule has 0 atom stereocenters. The molecule has 0 aromatic heterocycles. The van der Waals surface area contributed by atoms with Gasteiger partial charge >= 0.3 is 0 Å². The molecule has 0 unspecified atom stereocenters. The van der Waals surface area contributed by atoms with Crippen molar-refractivity contribution in [1.82, 2.24) is 0 Å². The van der Waals surface area contributed by atoms with Gasteiger partial charge in [0.2, 0.25) is 0 Å². The molecular formula is C11H15NO2. The average Bonchev–Trinajstić information content (AvgIpc) is 2.25. The summed E-state index contributed by atoms with van der Waals surface area (Å²) in [6, 6.07) is 7.74. The zero-order valence-corrected chi connectivity index (χ0v) is 8.56. The van der Waals surface area contributed by atoms with Crippen molar-refractivity contribution in [3.63, 3.8) is 0 Å². The molecular weight excluding hydrogens is 178 g/mol. The lowest BCUT2D eigenvalue weighted by Crippen LogP contribution is -1.89. The van der Waals surface area contributed by atoms with E-state index in [1.807, 2.05) is 31.2 Å². The summed E-state index contributed by atoms with van der Waals surface area (Å²) < 4.78 is 5.09. The Morgan fingerprint density at radius 3 is 3.00 bits per heavy atom. The average molecular weight is 193 g/mol. The fourth-order valence-electron chi connectivity index (χ4n) is 1.00. The lowest BCUT2D eigenvalue weighted by atomic mass is 10.2. The minimum absolute atomic E-state index is 0.480. The van der Waals surface area contributed by atoms with Crippen LogP contribution in [0.15, 0.2) is 29.4 Å². The molecule has 0 aliphatic rings. The molecule has 0 fully saturated rings. The second-order valence-electron chi connectivity index (χ2n) is 2.82. The Morgan fingerprint density at radius 1 is 1.43 bits per heavy atom. The highest BCUT2D eigenvalue weighted by Crippen LogP contribution is 2.13. The van der Waals surface area contributed by atoms with Crippen molar-refractivity contribution in [1.29, 1.82) is 0 Å². The standard InChI is InChI=1S/C11H15NO2/c1-3-7-12-14-9-10-5-4-6-11(8-10)13-2/h4-8H,3,9H2,1-2H3. The quantitative estimate of drug-likeness (QED) is 0.531. The van der Waals surface area contributed by atoms with Gasteiger partial charge in [-0.25, -0.2) is 0 Å². The van der Waals surface area contributed by atoms with Gasteiger partial charge in [-0.1, -0.05) is 24.2 Å². The molecule has 3 heteroatoms. The maximum absolute atomic E-state index is 5.09. The van der Waals surface area contributed by atoms with Gasteiger partial charge in [0.25, 0.3) is 0 Å². The van der Waals surface area contributed by atoms with Gasteiger partial charge in [-0.15, -0.1) is 0 Å². The SMILES string of the molecule is CCC=NOCc1cccc(OC)c1. The molecule has 0 aliphatic carbocycles. The van der Waals surface area contributed by atoms with Crippen LogP contribution < -0.4 is 4.74 Å². The van der Waals surface area contributed by atoms with Crippen molar-refractivity contribution < 1.29 is 9.57 Å². The minimum atomic E-state index is 0.480. The summed E-state index contributed by atoms with van der Waals surface area (Å²) in [5, 5.41) is 3.77. The molecule has 0 amide bonds. The summed E-state index contributed by atoms with van der Waals surface area (Å²) in [5.74, 6) is 0.838. The third-order valence-electron chi connectivity index (χ3n) is 1.70. The summed E-state index contributed by atoms with van der Waals surface area (Å²) in [5.41, 5.74) is 1.05. The van der Waals surface area contributed by atoms with Crippen molar-refractivity contribution in [2.24, 2.45) is 5.16 Å². The van der Waals surface area contributed by atoms with Gasteiger partial charge in [0.05, 0.1) is 7.11 Å². The van der Waals surface area contributed by atoms with Gasteiger partial charge in [0.15, 0.2) is 0 Å². The largest absolute Gasteiger partial charge is 0.497 e. The highest BCUT2D eigenvalue weighted by atomic mass is 16.6. The molecule has 0 saturated heterocycles. The maximum atomic E-state index is 5.09. The second-order valence-corrected chi connectivity index (χ2v) is 2.82. The summed E-state index contributed by atoms with van der Waals surface area (Å²) in [6.07, 6.45) is 2.62. The fourth-order valence-corrected chi connectivity index (χ4v) is 1.00. The van der Waals surface area contributed by atoms with Crippen LogP contribution in [0.4, 0.5) is 0 Å². The number of ether oxygens (including phenoxy) is 1. The van der Waals surface area contributed by atoms with Gasteiger partial charge in [-0.3, -0.25) is 0 Å². The number of rotatable bonds is 5. The van der Waals surface area contributed by atoms with Gasteiger partial charge in [0, 0.05) is 6.21 Å². The van der Waals surface area contributed by atoms with E-state index in [1.165, 1.54) is 0 Å². The molecule has 0 spiro atoms. The zero-order chi connectivity index (χ0) is 10.2. The van der Waals surface area contributed by atoms with Crippen LogP contribution in [0.1, 0.15) is 18.9 Å². The molecule has 0 N–H and O–H groups in total. The Labute approximate surface area is 84.3 Å². The van der Waals surface area contributed by atoms with Crippen LogP contribution in [0, 0.1) is 0 Å². The molecule has 0 radical (unpaired) electrons. The lowest BCUT2D eigenvalue weighted by molar-refractivity contribution is 0.131. The first-order valence-corrected chi connectivity index (χ1v) is 4.63. The first-order valence-electron chi connectivity index (χ1n) is 4.63. The molecule has 1 rings (SSSR count). The Hall–Kier alpha value is -1.51. The van der Waals surface area contributed by atoms with Gasteiger partial charge in [0.1, 0.15) is 12.4 Å². The smallest absolute Gasteiger partial charge is 0.142 e. The minimum Gasteiger partial charge on any atom is -0.497 e. The van der Waals surface area contributed by atoms with Gasteiger partial charge in [-0.2, -0.15) is 0 Å². The zero-order valence-electron chi connectivity index (χ0n) is 8.56. The van der Waals surface area contributed by atoms with E-state index in [2.05, 4.69) is 5.16 Å². The third-order valence-corrected chi connectivity index (χ3v) is 1.70. The van der Waals surface area contributed by atoms with E-state index in [4.69, 9.17) is 9.57 Å². The summed E-state index contributed by atoms with van der Waals surface area (Å²) in [7, 11) is 1.65. The maximum Gasteiger partial charge on any atom is 0.142 e. The molecule has 76 valence electrons. The van der Waals surface area contributed by atoms with Crippen LogP contribution in [-0.2, 0) is 11.4 Å². The Kier molecular flexibility index (Phi) is 4.55. The van der Waals surface area contributed by atoms with Crippen LogP contribution in [0.2, 0.25) is 0 Å². The Balaban J connectivity index is 2.46. The Morgan fingerprint density at radius 2 is 2.29 bits per heavy atom. The van der Waals surface area contributed by atoms with E-state index >= 15 is 0 Å². The van der Waals surface area contributed by atoms with Gasteiger partial charge < -0.3 is 9.57 Å². The highest BCUT2D eigenvalue weighted by Gasteiger charge is 1.94. The van der Waals surface area contributed by atoms with E-state index in [0.29, 0.717) is 6.61 Å². The third kappa shape index (κ3) is 3.47. The molecule has 1 aromatic rings. The summed E-state index contributed by atoms with van der Waals surface area (Å²) in [6.45, 7) is 2.49. The predicted molar refractivity (Wildman–Crippen MR) is 56.6 cm³/mol. The predicted octanol–water partition coefficient (Wildman–Crippen LogP) is 2.61. The fraction of sp³-hybridized carbons (Fsp3) is 0.364. The molecule has 3 nitrogen and oxygen atoms in total. The van der Waals surface area contributed by atoms with Crippen molar-refractivity contribution in [2.75, 3.05) is 7.11 Å². The number of nitrogens with zero attached hydrogens (tertiary/aromatic N) is 1. The Bertz CT molecular complexity index is 297. The lowest BCUT2D eigenvalue weighted by Gasteiger charge is -2.02. The number of hydrogen-bond acceptors (Lipinski definition) is 3. The van der Waals surface area contributed by atoms with Crippen LogP contribution in [0.5, 0.6) is 5.75 Å². The van der Waals surface area contributed by atoms with E-state index in [9.17, 15) is 0 Å². The van der Waals surface area contributed by atoms with Crippen LogP contribution >= 0.6 is 0 Å². The number of hydrogen-bond donors (Lipinski definition) is 0. The number of oxime groups is 1. The molecule has 0 saturated carbocycles. The number of benzene rings is 1. The van der Waals surface area contributed by atoms with Crippen molar-refractivity contribution in [3.05, 3.63) is 29.8 Å². The molecule has 0 heterocycles. The van der Waals surface area contributed by atoms with E-state index in [-0.39, 0.29) is 0 Å². The summed E-state index contributed by atoms with van der Waals surface area (Å²) >= 11 is 0. The van der Waals surface area contributed by atoms with Crippen LogP contribution in [0.25, 0.3) is 0 Å². The van der Waals surface area contributed by atoms with E-state index in [0.717, 1.165) is 17.7 Å². The van der Waals surface area contributed by atoms with Gasteiger partial charge in [-0.05, 0) is 24.1 Å². The molecule has 1 aromatic carbocycles. The monoisotopic (exact) mass is 193 g/mol. The van der Waals surface area contributed by atoms with Crippen LogP contribution in [0.3, 0.4) is 0 Å². The van der Waals surface area contributed by atoms with Crippen molar-refractivity contribution in [2.45, 2.75) is 20.0 Å². The van der Waals surface area contributed by atoms with Crippen molar-refractivity contribution >= 4 is 6.21 Å². The van der Waals surface area contributed by atoms with Crippen molar-refractivity contribution in [3.8, 4) is 5.75 Å².